The molecule has 0 unspecified atom stereocenters. The van der Waals surface area contributed by atoms with Crippen molar-refractivity contribution in [2.45, 2.75) is 11.2 Å². The van der Waals surface area contributed by atoms with Crippen LogP contribution in [-0.2, 0) is 16.0 Å². The fourth-order valence-electron chi connectivity index (χ4n) is 1.50. The van der Waals surface area contributed by atoms with Crippen LogP contribution in [-0.4, -0.2) is 18.2 Å². The van der Waals surface area contributed by atoms with Gasteiger partial charge in [-0.15, -0.1) is 0 Å². The Balaban J connectivity index is 3.98. The van der Waals surface area contributed by atoms with Crippen molar-refractivity contribution in [3.8, 4) is 0 Å². The van der Waals surface area contributed by atoms with Crippen LogP contribution in [0.2, 0.25) is 0 Å². The maximum absolute atomic E-state index is 13.4. The van der Waals surface area contributed by atoms with Crippen LogP contribution in [0.3, 0.4) is 0 Å². The van der Waals surface area contributed by atoms with Crippen molar-refractivity contribution in [2.75, 3.05) is 0 Å². The Morgan fingerprint density at radius 1 is 0.800 bits per heavy atom. The summed E-state index contributed by atoms with van der Waals surface area (Å²) in [4.78, 5) is 0. The molecule has 0 fully saturated rings. The van der Waals surface area contributed by atoms with Crippen LogP contribution < -0.4 is 0 Å². The van der Waals surface area contributed by atoms with Crippen LogP contribution in [0.5, 0.6) is 0 Å². The first-order chi connectivity index (χ1) is 11.0. The fraction of sp³-hybridized carbons (Fsp3) is 0.200. The largest absolute Gasteiger partial charge is 0.436 e. The van der Waals surface area contributed by atoms with Crippen molar-refractivity contribution in [1.29, 1.82) is 0 Å². The zero-order valence-electron chi connectivity index (χ0n) is 10.8. The van der Waals surface area contributed by atoms with Gasteiger partial charge in [-0.2, -0.15) is 34.8 Å². The minimum absolute atomic E-state index is 2.83. The molecule has 0 bridgehead atoms. The SMILES string of the molecule is O=S(=O)(O)C(F)(F)C(F)(F)c1c(F)c(F)c(C(F)=C(F)F)c(F)c1F. The summed E-state index contributed by atoms with van der Waals surface area (Å²) in [6.07, 6.45) is -3.54. The maximum atomic E-state index is 13.4. The number of benzene rings is 1. The normalized spacial score (nSPS) is 13.1. The molecule has 15 heteroatoms. The molecule has 0 aliphatic carbocycles. The highest BCUT2D eigenvalue weighted by Gasteiger charge is 2.69. The Hall–Kier alpha value is -1.90. The summed E-state index contributed by atoms with van der Waals surface area (Å²) in [7, 11) is -7.07. The fourth-order valence-corrected chi connectivity index (χ4v) is 1.93. The average molecular weight is 410 g/mol. The zero-order chi connectivity index (χ0) is 20.1. The quantitative estimate of drug-likeness (QED) is 0.456. The highest BCUT2D eigenvalue weighted by Crippen LogP contribution is 2.49. The van der Waals surface area contributed by atoms with E-state index in [0.29, 0.717) is 0 Å². The van der Waals surface area contributed by atoms with Gasteiger partial charge in [-0.1, -0.05) is 0 Å². The lowest BCUT2D eigenvalue weighted by molar-refractivity contribution is -0.171. The van der Waals surface area contributed by atoms with Crippen molar-refractivity contribution in [1.82, 2.24) is 0 Å². The first-order valence-electron chi connectivity index (χ1n) is 5.30. The van der Waals surface area contributed by atoms with Crippen LogP contribution >= 0.6 is 0 Å². The van der Waals surface area contributed by atoms with Crippen LogP contribution in [0.25, 0.3) is 5.83 Å². The van der Waals surface area contributed by atoms with E-state index in [4.69, 9.17) is 4.55 Å². The lowest BCUT2D eigenvalue weighted by Crippen LogP contribution is -2.46. The smallest absolute Gasteiger partial charge is 0.281 e. The van der Waals surface area contributed by atoms with E-state index in [1.807, 2.05) is 0 Å². The van der Waals surface area contributed by atoms with Crippen LogP contribution in [0.15, 0.2) is 6.08 Å². The molecular weight excluding hydrogens is 409 g/mol. The summed E-state index contributed by atoms with van der Waals surface area (Å²) in [6, 6.07) is 0. The van der Waals surface area contributed by atoms with E-state index in [1.54, 1.807) is 0 Å². The third-order valence-corrected chi connectivity index (χ3v) is 3.56. The molecule has 0 amide bonds. The van der Waals surface area contributed by atoms with Gasteiger partial charge in [-0.05, 0) is 0 Å². The second kappa shape index (κ2) is 6.12. The Labute approximate surface area is 130 Å². The van der Waals surface area contributed by atoms with E-state index in [-0.39, 0.29) is 0 Å². The summed E-state index contributed by atoms with van der Waals surface area (Å²) in [5.74, 6) is -23.4. The van der Waals surface area contributed by atoms with Gasteiger partial charge in [0.05, 0.1) is 5.56 Å². The molecule has 0 saturated heterocycles. The monoisotopic (exact) mass is 410 g/mol. The molecule has 1 aromatic carbocycles. The van der Waals surface area contributed by atoms with Gasteiger partial charge < -0.3 is 0 Å². The van der Waals surface area contributed by atoms with Gasteiger partial charge in [0.25, 0.3) is 0 Å². The first-order valence-corrected chi connectivity index (χ1v) is 6.74. The highest BCUT2D eigenvalue weighted by molar-refractivity contribution is 7.86. The Bertz CT molecular complexity index is 826. The first kappa shape index (κ1) is 21.1. The summed E-state index contributed by atoms with van der Waals surface area (Å²) >= 11 is 0. The Morgan fingerprint density at radius 2 is 1.16 bits per heavy atom. The third-order valence-electron chi connectivity index (χ3n) is 2.65. The number of alkyl halides is 4. The topological polar surface area (TPSA) is 54.4 Å². The zero-order valence-corrected chi connectivity index (χ0v) is 11.6. The van der Waals surface area contributed by atoms with Crippen LogP contribution in [0.1, 0.15) is 11.1 Å². The molecule has 142 valence electrons. The molecule has 0 radical (unpaired) electrons. The highest BCUT2D eigenvalue weighted by atomic mass is 32.2. The van der Waals surface area contributed by atoms with E-state index in [1.165, 1.54) is 0 Å². The second-order valence-electron chi connectivity index (χ2n) is 4.15. The van der Waals surface area contributed by atoms with Crippen molar-refractivity contribution in [2.24, 2.45) is 0 Å². The average Bonchev–Trinajstić information content (AvgIpc) is 2.43. The number of halogens is 11. The number of hydrogen-bond acceptors (Lipinski definition) is 2. The van der Waals surface area contributed by atoms with E-state index in [9.17, 15) is 56.7 Å². The molecule has 1 rings (SSSR count). The van der Waals surface area contributed by atoms with E-state index in [2.05, 4.69) is 0 Å². The predicted octanol–water partition coefficient (Wildman–Crippen LogP) is 4.35. The molecule has 3 nitrogen and oxygen atoms in total. The molecule has 1 N–H and O–H groups in total. The van der Waals surface area contributed by atoms with E-state index < -0.39 is 67.6 Å². The Morgan fingerprint density at radius 3 is 1.44 bits per heavy atom. The van der Waals surface area contributed by atoms with Gasteiger partial charge in [-0.3, -0.25) is 4.55 Å². The molecule has 0 aliphatic heterocycles. The standard InChI is InChI=1S/C10HF11O3S/c11-3-1(5(13)8(16)17)4(12)7(15)2(6(3)14)9(18,19)10(20,21)25(22,23)24/h(H,22,23,24). The van der Waals surface area contributed by atoms with E-state index in [0.717, 1.165) is 0 Å². The third kappa shape index (κ3) is 3.05. The minimum Gasteiger partial charge on any atom is -0.281 e. The molecule has 1 aromatic rings. The Kier molecular flexibility index (Phi) is 5.17. The summed E-state index contributed by atoms with van der Waals surface area (Å²) in [5.41, 5.74) is -6.40. The van der Waals surface area contributed by atoms with Crippen LogP contribution in [0, 0.1) is 23.3 Å². The van der Waals surface area contributed by atoms with Crippen molar-refractivity contribution < 1.29 is 61.3 Å². The summed E-state index contributed by atoms with van der Waals surface area (Å²) < 4.78 is 172. The van der Waals surface area contributed by atoms with Gasteiger partial charge in [-0.25, -0.2) is 22.0 Å². The number of hydrogen-bond donors (Lipinski definition) is 1. The van der Waals surface area contributed by atoms with Gasteiger partial charge in [0.15, 0.2) is 23.3 Å². The summed E-state index contributed by atoms with van der Waals surface area (Å²) in [5, 5.41) is -6.69. The molecule has 0 spiro atoms. The maximum Gasteiger partial charge on any atom is 0.436 e. The summed E-state index contributed by atoms with van der Waals surface area (Å²) in [6.45, 7) is 0. The molecular formula is C10HF11O3S. The van der Waals surface area contributed by atoms with E-state index >= 15 is 0 Å². The van der Waals surface area contributed by atoms with Gasteiger partial charge >= 0.3 is 27.4 Å². The lowest BCUT2D eigenvalue weighted by Gasteiger charge is -2.25. The molecule has 0 saturated carbocycles. The number of rotatable bonds is 4. The second-order valence-corrected chi connectivity index (χ2v) is 5.61. The van der Waals surface area contributed by atoms with Gasteiger partial charge in [0.1, 0.15) is 5.56 Å². The van der Waals surface area contributed by atoms with Crippen molar-refractivity contribution in [3.05, 3.63) is 40.5 Å². The van der Waals surface area contributed by atoms with Gasteiger partial charge in [0, 0.05) is 0 Å². The molecule has 0 aliphatic rings. The van der Waals surface area contributed by atoms with Gasteiger partial charge in [0.2, 0.25) is 5.83 Å². The van der Waals surface area contributed by atoms with Crippen LogP contribution in [0.4, 0.5) is 48.3 Å². The molecule has 0 heterocycles. The minimum atomic E-state index is -7.07. The molecule has 0 aromatic heterocycles. The van der Waals surface area contributed by atoms with Crippen molar-refractivity contribution in [3.63, 3.8) is 0 Å². The lowest BCUT2D eigenvalue weighted by atomic mass is 10.0. The molecule has 0 atom stereocenters. The predicted molar refractivity (Wildman–Crippen MR) is 56.9 cm³/mol. The van der Waals surface area contributed by atoms with Crippen molar-refractivity contribution >= 4 is 15.9 Å². The molecule has 25 heavy (non-hydrogen) atoms.